The van der Waals surface area contributed by atoms with Gasteiger partial charge in [-0.15, -0.1) is 5.10 Å². The van der Waals surface area contributed by atoms with Crippen LogP contribution in [0.2, 0.25) is 0 Å². The van der Waals surface area contributed by atoms with E-state index in [1.807, 2.05) is 0 Å². The number of carbonyl (C=O) groups is 3. The molecule has 0 saturated heterocycles. The van der Waals surface area contributed by atoms with Crippen LogP contribution in [0.5, 0.6) is 5.75 Å². The topological polar surface area (TPSA) is 107 Å². The van der Waals surface area contributed by atoms with Crippen molar-refractivity contribution in [3.05, 3.63) is 66.0 Å². The van der Waals surface area contributed by atoms with Crippen molar-refractivity contribution < 1.29 is 19.1 Å². The number of nitrogens with zero attached hydrogens (tertiary/aromatic N) is 5. The van der Waals surface area contributed by atoms with Crippen LogP contribution in [0.25, 0.3) is 5.69 Å². The molecule has 9 nitrogen and oxygen atoms in total. The number of ether oxygens (including phenoxy) is 1. The van der Waals surface area contributed by atoms with E-state index >= 15 is 0 Å². The van der Waals surface area contributed by atoms with E-state index in [1.54, 1.807) is 48.5 Å². The average Bonchev–Trinajstić information content (AvgIpc) is 3.27. The summed E-state index contributed by atoms with van der Waals surface area (Å²) in [6.45, 7) is -0.457. The highest BCUT2D eigenvalue weighted by Crippen LogP contribution is 2.22. The molecule has 4 rings (SSSR count). The van der Waals surface area contributed by atoms with Gasteiger partial charge >= 0.3 is 5.97 Å². The Balaban J connectivity index is 1.43. The predicted molar refractivity (Wildman–Crippen MR) is 86.6 cm³/mol. The van der Waals surface area contributed by atoms with Gasteiger partial charge in [-0.25, -0.2) is 9.48 Å². The molecule has 1 aliphatic heterocycles. The standard InChI is InChI=1S/C17H11N5O4/c23-15(9-21-16(24)13-3-1-2-4-14(13)17(21)25)26-12-7-5-11(6-8-12)22-10-18-19-20-22/h1-8,10H,9H2. The molecule has 128 valence electrons. The number of hydrogen-bond donors (Lipinski definition) is 0. The second-order valence-corrected chi connectivity index (χ2v) is 5.46. The summed E-state index contributed by atoms with van der Waals surface area (Å²) in [4.78, 5) is 37.5. The summed E-state index contributed by atoms with van der Waals surface area (Å²) in [7, 11) is 0. The summed E-state index contributed by atoms with van der Waals surface area (Å²) in [5.74, 6) is -1.44. The van der Waals surface area contributed by atoms with E-state index in [2.05, 4.69) is 15.5 Å². The third-order valence-corrected chi connectivity index (χ3v) is 3.85. The number of benzene rings is 2. The lowest BCUT2D eigenvalue weighted by Gasteiger charge is -2.13. The fraction of sp³-hybridized carbons (Fsp3) is 0.0588. The number of fused-ring (bicyclic) bond motifs is 1. The largest absolute Gasteiger partial charge is 0.425 e. The van der Waals surface area contributed by atoms with Gasteiger partial charge < -0.3 is 4.74 Å². The minimum absolute atomic E-state index is 0.281. The minimum Gasteiger partial charge on any atom is -0.425 e. The van der Waals surface area contributed by atoms with Crippen LogP contribution in [0.4, 0.5) is 0 Å². The van der Waals surface area contributed by atoms with E-state index in [1.165, 1.54) is 11.0 Å². The maximum absolute atomic E-state index is 12.2. The maximum Gasteiger partial charge on any atom is 0.331 e. The number of aromatic nitrogens is 4. The Labute approximate surface area is 146 Å². The number of tetrazole rings is 1. The Hall–Kier alpha value is -3.88. The van der Waals surface area contributed by atoms with E-state index < -0.39 is 24.3 Å². The van der Waals surface area contributed by atoms with Crippen molar-refractivity contribution in [2.75, 3.05) is 6.54 Å². The van der Waals surface area contributed by atoms with Gasteiger partial charge in [0, 0.05) is 0 Å². The van der Waals surface area contributed by atoms with E-state index in [4.69, 9.17) is 4.74 Å². The zero-order chi connectivity index (χ0) is 18.1. The fourth-order valence-corrected chi connectivity index (χ4v) is 2.62. The molecule has 1 aliphatic rings. The van der Waals surface area contributed by atoms with Gasteiger partial charge in [-0.1, -0.05) is 12.1 Å². The third kappa shape index (κ3) is 2.71. The highest BCUT2D eigenvalue weighted by molar-refractivity contribution is 6.22. The SMILES string of the molecule is O=C(CN1C(=O)c2ccccc2C1=O)Oc1ccc(-n2cnnn2)cc1. The van der Waals surface area contributed by atoms with Crippen molar-refractivity contribution in [2.24, 2.45) is 0 Å². The molecule has 0 N–H and O–H groups in total. The smallest absolute Gasteiger partial charge is 0.331 e. The Morgan fingerprint density at radius 3 is 2.19 bits per heavy atom. The number of carbonyl (C=O) groups excluding carboxylic acids is 3. The highest BCUT2D eigenvalue weighted by atomic mass is 16.5. The predicted octanol–water partition coefficient (Wildman–Crippen LogP) is 0.864. The highest BCUT2D eigenvalue weighted by Gasteiger charge is 2.36. The van der Waals surface area contributed by atoms with Crippen LogP contribution >= 0.6 is 0 Å². The van der Waals surface area contributed by atoms with Crippen LogP contribution in [0.3, 0.4) is 0 Å². The Morgan fingerprint density at radius 1 is 0.962 bits per heavy atom. The Bertz CT molecular complexity index is 963. The van der Waals surface area contributed by atoms with Gasteiger partial charge in [-0.3, -0.25) is 14.5 Å². The van der Waals surface area contributed by atoms with Crippen molar-refractivity contribution in [1.82, 2.24) is 25.1 Å². The third-order valence-electron chi connectivity index (χ3n) is 3.85. The molecular formula is C17H11N5O4. The lowest BCUT2D eigenvalue weighted by atomic mass is 10.1. The maximum atomic E-state index is 12.2. The van der Waals surface area contributed by atoms with Gasteiger partial charge in [0.2, 0.25) is 0 Å². The second-order valence-electron chi connectivity index (χ2n) is 5.46. The van der Waals surface area contributed by atoms with E-state index in [0.29, 0.717) is 5.69 Å². The van der Waals surface area contributed by atoms with Crippen molar-refractivity contribution in [3.63, 3.8) is 0 Å². The quantitative estimate of drug-likeness (QED) is 0.390. The molecule has 26 heavy (non-hydrogen) atoms. The fourth-order valence-electron chi connectivity index (χ4n) is 2.62. The minimum atomic E-state index is -0.713. The number of amides is 2. The molecule has 2 heterocycles. The monoisotopic (exact) mass is 349 g/mol. The van der Waals surface area contributed by atoms with Crippen molar-refractivity contribution in [2.45, 2.75) is 0 Å². The molecule has 0 spiro atoms. The van der Waals surface area contributed by atoms with Gasteiger partial charge in [0.1, 0.15) is 18.6 Å². The van der Waals surface area contributed by atoms with Crippen molar-refractivity contribution >= 4 is 17.8 Å². The molecule has 2 amide bonds. The molecular weight excluding hydrogens is 338 g/mol. The number of imide groups is 1. The molecule has 0 saturated carbocycles. The lowest BCUT2D eigenvalue weighted by Crippen LogP contribution is -2.36. The van der Waals surface area contributed by atoms with Crippen LogP contribution < -0.4 is 4.74 Å². The zero-order valence-electron chi connectivity index (χ0n) is 13.3. The van der Waals surface area contributed by atoms with Crippen molar-refractivity contribution in [3.8, 4) is 11.4 Å². The molecule has 0 atom stereocenters. The average molecular weight is 349 g/mol. The number of rotatable bonds is 4. The first kappa shape index (κ1) is 15.6. The second kappa shape index (κ2) is 6.20. The summed E-state index contributed by atoms with van der Waals surface area (Å²) in [6.07, 6.45) is 1.43. The molecule has 2 aromatic carbocycles. The van der Waals surface area contributed by atoms with Crippen LogP contribution in [0, 0.1) is 0 Å². The van der Waals surface area contributed by atoms with Crippen molar-refractivity contribution in [1.29, 1.82) is 0 Å². The normalized spacial score (nSPS) is 13.0. The van der Waals surface area contributed by atoms with Gasteiger partial charge in [0.25, 0.3) is 11.8 Å². The summed E-state index contributed by atoms with van der Waals surface area (Å²) in [5.41, 5.74) is 1.27. The van der Waals surface area contributed by atoms with E-state index in [-0.39, 0.29) is 16.9 Å². The van der Waals surface area contributed by atoms with Crippen LogP contribution in [0.15, 0.2) is 54.9 Å². The molecule has 3 aromatic rings. The molecule has 9 heteroatoms. The molecule has 0 aliphatic carbocycles. The number of esters is 1. The first-order chi connectivity index (χ1) is 12.6. The van der Waals surface area contributed by atoms with Gasteiger partial charge in [0.15, 0.2) is 0 Å². The van der Waals surface area contributed by atoms with Gasteiger partial charge in [0.05, 0.1) is 16.8 Å². The summed E-state index contributed by atoms with van der Waals surface area (Å²) in [5, 5.41) is 10.8. The van der Waals surface area contributed by atoms with Gasteiger partial charge in [-0.2, -0.15) is 0 Å². The first-order valence-corrected chi connectivity index (χ1v) is 7.63. The molecule has 0 bridgehead atoms. The summed E-state index contributed by atoms with van der Waals surface area (Å²) < 4.78 is 6.65. The number of hydrogen-bond acceptors (Lipinski definition) is 7. The summed E-state index contributed by atoms with van der Waals surface area (Å²) in [6, 6.07) is 12.9. The molecule has 0 radical (unpaired) electrons. The van der Waals surface area contributed by atoms with E-state index in [0.717, 1.165) is 4.90 Å². The Kier molecular flexibility index (Phi) is 3.73. The van der Waals surface area contributed by atoms with Crippen LogP contribution in [0.1, 0.15) is 20.7 Å². The van der Waals surface area contributed by atoms with E-state index in [9.17, 15) is 14.4 Å². The van der Waals surface area contributed by atoms with Gasteiger partial charge in [-0.05, 0) is 46.8 Å². The van der Waals surface area contributed by atoms with Crippen LogP contribution in [-0.2, 0) is 4.79 Å². The molecule has 0 unspecified atom stereocenters. The lowest BCUT2D eigenvalue weighted by molar-refractivity contribution is -0.134. The summed E-state index contributed by atoms with van der Waals surface area (Å²) >= 11 is 0. The van der Waals surface area contributed by atoms with Crippen LogP contribution in [-0.4, -0.2) is 49.4 Å². The zero-order valence-corrected chi connectivity index (χ0v) is 13.3. The first-order valence-electron chi connectivity index (χ1n) is 7.63. The molecule has 1 aromatic heterocycles. The Morgan fingerprint density at radius 2 is 1.62 bits per heavy atom. The molecule has 0 fully saturated rings.